The van der Waals surface area contributed by atoms with Crippen LogP contribution >= 0.6 is 12.4 Å². The van der Waals surface area contributed by atoms with E-state index in [0.717, 1.165) is 39.0 Å². The zero-order chi connectivity index (χ0) is 17.4. The number of anilines is 1. The molecule has 6 heteroatoms. The number of hydrogen-bond acceptors (Lipinski definition) is 3. The number of aryl methyl sites for hydroxylation is 1. The van der Waals surface area contributed by atoms with Gasteiger partial charge in [0.15, 0.2) is 0 Å². The summed E-state index contributed by atoms with van der Waals surface area (Å²) in [5.41, 5.74) is 5.34. The number of rotatable bonds is 4. The van der Waals surface area contributed by atoms with Crippen LogP contribution in [0, 0.1) is 0 Å². The van der Waals surface area contributed by atoms with Crippen LogP contribution in [0.3, 0.4) is 0 Å². The molecule has 5 nitrogen and oxygen atoms in total. The van der Waals surface area contributed by atoms with Crippen molar-refractivity contribution in [1.82, 2.24) is 4.98 Å². The molecule has 4 rings (SSSR count). The van der Waals surface area contributed by atoms with Gasteiger partial charge in [-0.15, -0.1) is 12.4 Å². The first-order chi connectivity index (χ1) is 12.1. The smallest absolute Gasteiger partial charge is 0.303 e. The number of hydrogen-bond donors (Lipinski definition) is 2. The average molecular weight is 369 g/mol. The van der Waals surface area contributed by atoms with E-state index in [-0.39, 0.29) is 24.7 Å². The van der Waals surface area contributed by atoms with Gasteiger partial charge in [0.2, 0.25) is 5.91 Å². The Morgan fingerprint density at radius 3 is 2.77 bits per heavy atom. The lowest BCUT2D eigenvalue weighted by atomic mass is 9.99. The van der Waals surface area contributed by atoms with Crippen LogP contribution in [0.4, 0.5) is 5.69 Å². The van der Waals surface area contributed by atoms with Crippen molar-refractivity contribution in [2.45, 2.75) is 19.3 Å². The number of carbonyl (C=O) groups is 2. The van der Waals surface area contributed by atoms with Gasteiger partial charge in [0.1, 0.15) is 0 Å². The summed E-state index contributed by atoms with van der Waals surface area (Å²) >= 11 is 0. The number of pyridine rings is 1. The Morgan fingerprint density at radius 2 is 1.96 bits per heavy atom. The topological polar surface area (TPSA) is 79.3 Å². The summed E-state index contributed by atoms with van der Waals surface area (Å²) in [6, 6.07) is 15.5. The van der Waals surface area contributed by atoms with Crippen LogP contribution in [0.5, 0.6) is 0 Å². The fourth-order valence-electron chi connectivity index (χ4n) is 3.23. The van der Waals surface area contributed by atoms with Gasteiger partial charge >= 0.3 is 5.97 Å². The van der Waals surface area contributed by atoms with Crippen LogP contribution in [-0.4, -0.2) is 22.0 Å². The Kier molecular flexibility index (Phi) is 4.91. The minimum absolute atomic E-state index is 0. The van der Waals surface area contributed by atoms with Gasteiger partial charge in [0.05, 0.1) is 17.6 Å². The molecule has 1 aromatic heterocycles. The van der Waals surface area contributed by atoms with Gasteiger partial charge in [0, 0.05) is 23.1 Å². The van der Waals surface area contributed by atoms with Gasteiger partial charge in [-0.1, -0.05) is 24.3 Å². The highest BCUT2D eigenvalue weighted by Gasteiger charge is 2.18. The molecular formula is C20H17ClN2O3. The lowest BCUT2D eigenvalue weighted by molar-refractivity contribution is -0.137. The molecule has 3 aromatic rings. The summed E-state index contributed by atoms with van der Waals surface area (Å²) in [6.45, 7) is 0. The minimum atomic E-state index is -0.815. The predicted molar refractivity (Wildman–Crippen MR) is 103 cm³/mol. The zero-order valence-corrected chi connectivity index (χ0v) is 14.7. The summed E-state index contributed by atoms with van der Waals surface area (Å²) in [6.07, 6.45) is 0.912. The van der Waals surface area contributed by atoms with Crippen LogP contribution in [0.1, 0.15) is 17.5 Å². The van der Waals surface area contributed by atoms with Crippen LogP contribution in [0.2, 0.25) is 0 Å². The first kappa shape index (κ1) is 17.9. The number of halogens is 1. The van der Waals surface area contributed by atoms with E-state index < -0.39 is 5.97 Å². The Labute approximate surface area is 156 Å². The highest BCUT2D eigenvalue weighted by Crippen LogP contribution is 2.30. The van der Waals surface area contributed by atoms with Gasteiger partial charge in [0.25, 0.3) is 0 Å². The second-order valence-corrected chi connectivity index (χ2v) is 6.17. The van der Waals surface area contributed by atoms with Crippen molar-refractivity contribution >= 4 is 40.9 Å². The van der Waals surface area contributed by atoms with E-state index in [2.05, 4.69) is 5.32 Å². The van der Waals surface area contributed by atoms with Crippen molar-refractivity contribution in [3.63, 3.8) is 0 Å². The number of carbonyl (C=O) groups excluding carboxylic acids is 1. The number of fused-ring (bicyclic) bond motifs is 2. The summed E-state index contributed by atoms with van der Waals surface area (Å²) in [4.78, 5) is 27.2. The number of nitrogens with one attached hydrogen (secondary N) is 1. The van der Waals surface area contributed by atoms with Crippen LogP contribution in [-0.2, 0) is 22.4 Å². The molecule has 26 heavy (non-hydrogen) atoms. The first-order valence-corrected chi connectivity index (χ1v) is 8.14. The van der Waals surface area contributed by atoms with Crippen molar-refractivity contribution in [1.29, 1.82) is 0 Å². The third-order valence-corrected chi connectivity index (χ3v) is 4.44. The van der Waals surface area contributed by atoms with Crippen molar-refractivity contribution < 1.29 is 14.7 Å². The Bertz CT molecular complexity index is 1020. The van der Waals surface area contributed by atoms with E-state index in [4.69, 9.17) is 10.1 Å². The SMILES string of the molecule is Cl.O=C(O)CCc1cc(-c2ccc3c(c2)CC(=O)N3)nc2ccccc12. The fraction of sp³-hybridized carbons (Fsp3) is 0.150. The van der Waals surface area contributed by atoms with E-state index in [0.29, 0.717) is 12.8 Å². The van der Waals surface area contributed by atoms with Crippen LogP contribution in [0.15, 0.2) is 48.5 Å². The van der Waals surface area contributed by atoms with Crippen molar-refractivity contribution in [3.8, 4) is 11.3 Å². The van der Waals surface area contributed by atoms with E-state index in [1.807, 2.05) is 48.5 Å². The molecular weight excluding hydrogens is 352 g/mol. The molecule has 0 spiro atoms. The van der Waals surface area contributed by atoms with E-state index in [1.165, 1.54) is 0 Å². The maximum absolute atomic E-state index is 11.5. The molecule has 132 valence electrons. The number of amides is 1. The third-order valence-electron chi connectivity index (χ3n) is 4.44. The molecule has 0 saturated carbocycles. The number of carboxylic acids is 1. The van der Waals surface area contributed by atoms with E-state index in [9.17, 15) is 9.59 Å². The van der Waals surface area contributed by atoms with Crippen molar-refractivity contribution in [2.24, 2.45) is 0 Å². The molecule has 1 amide bonds. The Hall–Kier alpha value is -2.92. The first-order valence-electron chi connectivity index (χ1n) is 8.14. The van der Waals surface area contributed by atoms with E-state index in [1.54, 1.807) is 0 Å². The molecule has 0 radical (unpaired) electrons. The molecule has 0 unspecified atom stereocenters. The third kappa shape index (κ3) is 3.39. The molecule has 1 aliphatic heterocycles. The Morgan fingerprint density at radius 1 is 1.15 bits per heavy atom. The summed E-state index contributed by atoms with van der Waals surface area (Å²) < 4.78 is 0. The standard InChI is InChI=1S/C20H16N2O3.ClH/c23-19-11-14-9-13(5-7-16(14)22-19)18-10-12(6-8-20(24)25)15-3-1-2-4-17(15)21-18;/h1-5,7,9-10H,6,8,11H2,(H,22,23)(H,24,25);1H. The lowest BCUT2D eigenvalue weighted by Gasteiger charge is -2.10. The second kappa shape index (κ2) is 7.14. The normalized spacial score (nSPS) is 12.4. The molecule has 0 atom stereocenters. The van der Waals surface area contributed by atoms with Gasteiger partial charge in [-0.05, 0) is 41.8 Å². The molecule has 2 aromatic carbocycles. The van der Waals surface area contributed by atoms with Crippen molar-refractivity contribution in [3.05, 3.63) is 59.7 Å². The van der Waals surface area contributed by atoms with Crippen LogP contribution in [0.25, 0.3) is 22.2 Å². The number of aliphatic carboxylic acids is 1. The average Bonchev–Trinajstić information content (AvgIpc) is 2.98. The van der Waals surface area contributed by atoms with Gasteiger partial charge in [-0.3, -0.25) is 9.59 Å². The second-order valence-electron chi connectivity index (χ2n) is 6.17. The quantitative estimate of drug-likeness (QED) is 0.733. The fourth-order valence-corrected chi connectivity index (χ4v) is 3.23. The predicted octanol–water partition coefficient (Wildman–Crippen LogP) is 3.84. The maximum atomic E-state index is 11.5. The Balaban J connectivity index is 0.00000196. The molecule has 0 bridgehead atoms. The van der Waals surface area contributed by atoms with E-state index >= 15 is 0 Å². The largest absolute Gasteiger partial charge is 0.481 e. The highest BCUT2D eigenvalue weighted by atomic mass is 35.5. The lowest BCUT2D eigenvalue weighted by Crippen LogP contribution is -2.03. The van der Waals surface area contributed by atoms with Gasteiger partial charge in [-0.25, -0.2) is 4.98 Å². The maximum Gasteiger partial charge on any atom is 0.303 e. The van der Waals surface area contributed by atoms with Crippen LogP contribution < -0.4 is 5.32 Å². The van der Waals surface area contributed by atoms with Gasteiger partial charge in [-0.2, -0.15) is 0 Å². The zero-order valence-electron chi connectivity index (χ0n) is 13.9. The number of para-hydroxylation sites is 1. The molecule has 2 heterocycles. The highest BCUT2D eigenvalue weighted by molar-refractivity contribution is 5.99. The van der Waals surface area contributed by atoms with Crippen molar-refractivity contribution in [2.75, 3.05) is 5.32 Å². The summed E-state index contributed by atoms with van der Waals surface area (Å²) in [5, 5.41) is 12.8. The number of benzene rings is 2. The summed E-state index contributed by atoms with van der Waals surface area (Å²) in [7, 11) is 0. The molecule has 1 aliphatic rings. The molecule has 0 aliphatic carbocycles. The molecule has 0 fully saturated rings. The van der Waals surface area contributed by atoms with Gasteiger partial charge < -0.3 is 10.4 Å². The molecule has 2 N–H and O–H groups in total. The molecule has 0 saturated heterocycles. The minimum Gasteiger partial charge on any atom is -0.481 e. The number of nitrogens with zero attached hydrogens (tertiary/aromatic N) is 1. The summed E-state index contributed by atoms with van der Waals surface area (Å²) in [5.74, 6) is -0.815. The number of carboxylic acid groups (broad SMARTS) is 1. The monoisotopic (exact) mass is 368 g/mol. The number of aromatic nitrogens is 1.